The van der Waals surface area contributed by atoms with Crippen molar-refractivity contribution in [1.82, 2.24) is 0 Å². The maximum absolute atomic E-state index is 8.42. The summed E-state index contributed by atoms with van der Waals surface area (Å²) in [5.41, 5.74) is 0. The van der Waals surface area contributed by atoms with E-state index in [9.17, 15) is 0 Å². The minimum absolute atomic E-state index is 0. The zero-order valence-corrected chi connectivity index (χ0v) is 8.98. The summed E-state index contributed by atoms with van der Waals surface area (Å²) in [4.78, 5) is 0. The predicted octanol–water partition coefficient (Wildman–Crippen LogP) is -8.28. The van der Waals surface area contributed by atoms with E-state index in [4.69, 9.17) is 30.1 Å². The van der Waals surface area contributed by atoms with Crippen molar-refractivity contribution in [2.45, 2.75) is 0 Å². The normalized spacial score (nSPS) is 5.40. The van der Waals surface area contributed by atoms with Gasteiger partial charge in [0, 0.05) is 0 Å². The molecule has 0 aliphatic carbocycles. The second-order valence-electron chi connectivity index (χ2n) is 0.577. The average molecular weight is 285 g/mol. The van der Waals surface area contributed by atoms with E-state index in [0.717, 1.165) is 0 Å². The summed E-state index contributed by atoms with van der Waals surface area (Å²) in [6.45, 7) is 0. The summed E-state index contributed by atoms with van der Waals surface area (Å²) in [5.74, 6) is 0. The third kappa shape index (κ3) is 234. The molecule has 0 bridgehead atoms. The molecule has 10 heavy (non-hydrogen) atoms. The van der Waals surface area contributed by atoms with E-state index < -0.39 is 14.6 Å². The molecular formula is AlB2CeO6. The van der Waals surface area contributed by atoms with Gasteiger partial charge in [0.05, 0.1) is 0 Å². The van der Waals surface area contributed by atoms with Crippen LogP contribution in [0.15, 0.2) is 0 Å². The topological polar surface area (TPSA) is 138 Å². The summed E-state index contributed by atoms with van der Waals surface area (Å²) in [5, 5.41) is 50.5. The van der Waals surface area contributed by atoms with Crippen LogP contribution in [-0.2, 0) is 0 Å². The van der Waals surface area contributed by atoms with Crippen molar-refractivity contribution in [1.29, 1.82) is 0 Å². The molecule has 0 heterocycles. The van der Waals surface area contributed by atoms with Crippen molar-refractivity contribution < 1.29 is 71.9 Å². The van der Waals surface area contributed by atoms with Crippen molar-refractivity contribution in [2.24, 2.45) is 0 Å². The Balaban J connectivity index is -0.0000000300. The van der Waals surface area contributed by atoms with Crippen LogP contribution in [0, 0.1) is 41.7 Å². The van der Waals surface area contributed by atoms with Crippen LogP contribution in [0.25, 0.3) is 0 Å². The van der Waals surface area contributed by atoms with E-state index in [2.05, 4.69) is 0 Å². The maximum Gasteiger partial charge on any atom is 3.00 e. The van der Waals surface area contributed by atoms with Crippen molar-refractivity contribution in [2.75, 3.05) is 0 Å². The SMILES string of the molecule is [Al+3].[Ce+3].[O-]B([O-])[O-].[O-]B([O-])[O-]. The van der Waals surface area contributed by atoms with Crippen molar-refractivity contribution >= 4 is 32.0 Å². The molecule has 49 valence electrons. The molecule has 0 aromatic rings. The van der Waals surface area contributed by atoms with Crippen LogP contribution in [0.5, 0.6) is 0 Å². The first-order valence-electron chi connectivity index (χ1n) is 1.41. The number of hydrogen-bond donors (Lipinski definition) is 0. The van der Waals surface area contributed by atoms with Gasteiger partial charge in [0.15, 0.2) is 0 Å². The largest absolute Gasteiger partial charge is 3.00 e. The molecule has 0 spiro atoms. The van der Waals surface area contributed by atoms with E-state index in [1.165, 1.54) is 0 Å². The van der Waals surface area contributed by atoms with E-state index in [0.29, 0.717) is 0 Å². The summed E-state index contributed by atoms with van der Waals surface area (Å²) in [7, 11) is -5.83. The Morgan fingerprint density at radius 3 is 0.600 bits per heavy atom. The minimum atomic E-state index is -2.92. The molecule has 10 heteroatoms. The average Bonchev–Trinajstić information content (AvgIpc) is 1.25. The fourth-order valence-corrected chi connectivity index (χ4v) is 0. The Morgan fingerprint density at radius 2 is 0.600 bits per heavy atom. The molecule has 0 saturated heterocycles. The molecule has 0 rings (SSSR count). The molecule has 0 saturated carbocycles. The Hall–Kier alpha value is 1.80. The second kappa shape index (κ2) is 17.0. The minimum Gasteiger partial charge on any atom is -0.907 e. The van der Waals surface area contributed by atoms with Crippen LogP contribution in [0.2, 0.25) is 0 Å². The molecule has 0 aliphatic rings. The summed E-state index contributed by atoms with van der Waals surface area (Å²) in [6.07, 6.45) is 0. The summed E-state index contributed by atoms with van der Waals surface area (Å²) in [6, 6.07) is 0. The van der Waals surface area contributed by atoms with Crippen LogP contribution in [-0.4, -0.2) is 32.0 Å². The Kier molecular flexibility index (Phi) is 38.6. The summed E-state index contributed by atoms with van der Waals surface area (Å²) >= 11 is 0. The third-order valence-electron chi connectivity index (χ3n) is 0. The van der Waals surface area contributed by atoms with Gasteiger partial charge < -0.3 is 30.1 Å². The molecule has 0 unspecified atom stereocenters. The Morgan fingerprint density at radius 1 is 0.600 bits per heavy atom. The van der Waals surface area contributed by atoms with Crippen molar-refractivity contribution in [3.05, 3.63) is 0 Å². The Bertz CT molecular complexity index is 31.2. The van der Waals surface area contributed by atoms with Gasteiger partial charge in [0.1, 0.15) is 0 Å². The zero-order valence-electron chi connectivity index (χ0n) is 4.68. The van der Waals surface area contributed by atoms with Gasteiger partial charge in [0.2, 0.25) is 0 Å². The molecule has 0 aromatic heterocycles. The fourth-order valence-electron chi connectivity index (χ4n) is 0. The van der Waals surface area contributed by atoms with Gasteiger partial charge in [-0.1, -0.05) is 0 Å². The molecule has 0 aromatic carbocycles. The Labute approximate surface area is 103 Å². The smallest absolute Gasteiger partial charge is 0.907 e. The monoisotopic (exact) mass is 285 g/mol. The van der Waals surface area contributed by atoms with Crippen molar-refractivity contribution in [3.63, 3.8) is 0 Å². The quantitative estimate of drug-likeness (QED) is 0.405. The van der Waals surface area contributed by atoms with Crippen LogP contribution in [0.1, 0.15) is 0 Å². The standard InChI is InChI=1S/Al.2BO3.Ce/c;2*2-1(3)4;/q+3;2*-3;+3. The molecule has 0 fully saturated rings. The van der Waals surface area contributed by atoms with Crippen molar-refractivity contribution in [3.8, 4) is 0 Å². The van der Waals surface area contributed by atoms with Gasteiger partial charge in [0.25, 0.3) is 0 Å². The third-order valence-corrected chi connectivity index (χ3v) is 0. The molecule has 0 atom stereocenters. The van der Waals surface area contributed by atoms with Crippen LogP contribution < -0.4 is 30.1 Å². The van der Waals surface area contributed by atoms with Gasteiger partial charge in [-0.25, -0.2) is 0 Å². The zero-order chi connectivity index (χ0) is 7.15. The first-order valence-corrected chi connectivity index (χ1v) is 1.41. The van der Waals surface area contributed by atoms with Gasteiger partial charge >= 0.3 is 59.1 Å². The van der Waals surface area contributed by atoms with Crippen LogP contribution in [0.3, 0.4) is 0 Å². The first kappa shape index (κ1) is 22.6. The van der Waals surface area contributed by atoms with Gasteiger partial charge in [-0.05, 0) is 0 Å². The van der Waals surface area contributed by atoms with Crippen LogP contribution >= 0.6 is 0 Å². The maximum atomic E-state index is 8.42. The second-order valence-corrected chi connectivity index (χ2v) is 0.577. The van der Waals surface area contributed by atoms with Gasteiger partial charge in [-0.2, -0.15) is 0 Å². The van der Waals surface area contributed by atoms with Crippen LogP contribution in [0.4, 0.5) is 0 Å². The summed E-state index contributed by atoms with van der Waals surface area (Å²) < 4.78 is 0. The predicted molar refractivity (Wildman–Crippen MR) is 17.3 cm³/mol. The van der Waals surface area contributed by atoms with Gasteiger partial charge in [-0.15, -0.1) is 0 Å². The van der Waals surface area contributed by atoms with E-state index in [1.54, 1.807) is 0 Å². The molecule has 6 nitrogen and oxygen atoms in total. The van der Waals surface area contributed by atoms with E-state index >= 15 is 0 Å². The van der Waals surface area contributed by atoms with Gasteiger partial charge in [-0.3, -0.25) is 14.6 Å². The first-order chi connectivity index (χ1) is 3.46. The molecule has 0 aliphatic heterocycles. The van der Waals surface area contributed by atoms with E-state index in [-0.39, 0.29) is 59.1 Å². The number of hydrogen-bond acceptors (Lipinski definition) is 6. The van der Waals surface area contributed by atoms with E-state index in [1.807, 2.05) is 0 Å². The molecule has 0 N–H and O–H groups in total. The number of rotatable bonds is 0. The fraction of sp³-hybridized carbons (Fsp3) is 0. The molecular weight excluding hydrogens is 285 g/mol. The molecule has 1 radical (unpaired) electrons. The molecule has 0 amide bonds.